The van der Waals surface area contributed by atoms with Gasteiger partial charge in [-0.15, -0.1) is 4.83 Å². The van der Waals surface area contributed by atoms with Crippen LogP contribution in [-0.2, 0) is 14.8 Å². The van der Waals surface area contributed by atoms with E-state index in [2.05, 4.69) is 0 Å². The highest BCUT2D eigenvalue weighted by molar-refractivity contribution is 7.89. The molecule has 17 heavy (non-hydrogen) atoms. The summed E-state index contributed by atoms with van der Waals surface area (Å²) in [7, 11) is -3.85. The van der Waals surface area contributed by atoms with Gasteiger partial charge in [-0.1, -0.05) is 12.1 Å². The molecule has 0 bridgehead atoms. The van der Waals surface area contributed by atoms with E-state index in [1.165, 1.54) is 38.1 Å². The molecule has 2 N–H and O–H groups in total. The topological polar surface area (TPSA) is 92.3 Å². The zero-order valence-corrected chi connectivity index (χ0v) is 10.2. The minimum Gasteiger partial charge on any atom is -0.295 e. The summed E-state index contributed by atoms with van der Waals surface area (Å²) >= 11 is 0. The van der Waals surface area contributed by atoms with Gasteiger partial charge in [-0.2, -0.15) is 0 Å². The molecule has 1 rings (SSSR count). The Hall–Kier alpha value is -1.73. The molecule has 1 amide bonds. The molecule has 0 heterocycles. The first kappa shape index (κ1) is 13.3. The summed E-state index contributed by atoms with van der Waals surface area (Å²) in [5, 5.41) is 0. The molecule has 0 atom stereocenters. The van der Waals surface area contributed by atoms with Gasteiger partial charge in [0.05, 0.1) is 4.90 Å². The molecule has 0 saturated heterocycles. The molecule has 0 fully saturated rings. The summed E-state index contributed by atoms with van der Waals surface area (Å²) < 4.78 is 23.3. The predicted octanol–water partition coefficient (Wildman–Crippen LogP) is 0.219. The van der Waals surface area contributed by atoms with Gasteiger partial charge in [0, 0.05) is 12.5 Å². The summed E-state index contributed by atoms with van der Waals surface area (Å²) in [5.41, 5.74) is 2.26. The van der Waals surface area contributed by atoms with E-state index in [0.717, 1.165) is 0 Å². The number of nitrogens with one attached hydrogen (secondary N) is 2. The maximum atomic E-state index is 11.7. The fraction of sp³-hybridized carbons (Fsp3) is 0.200. The molecular weight excluding hydrogens is 244 g/mol. The lowest BCUT2D eigenvalue weighted by Gasteiger charge is -2.07. The first-order chi connectivity index (χ1) is 7.83. The van der Waals surface area contributed by atoms with Crippen LogP contribution >= 0.6 is 0 Å². The van der Waals surface area contributed by atoms with Crippen molar-refractivity contribution >= 4 is 21.7 Å². The number of rotatable bonds is 4. The van der Waals surface area contributed by atoms with Crippen molar-refractivity contribution in [3.05, 3.63) is 29.8 Å². The molecule has 0 unspecified atom stereocenters. The summed E-state index contributed by atoms with van der Waals surface area (Å²) in [6, 6.07) is 5.54. The van der Waals surface area contributed by atoms with Crippen LogP contribution in [0.1, 0.15) is 24.2 Å². The lowest BCUT2D eigenvalue weighted by atomic mass is 10.2. The number of carbonyl (C=O) groups is 2. The van der Waals surface area contributed by atoms with E-state index >= 15 is 0 Å². The number of carbonyl (C=O) groups excluding carboxylic acids is 2. The van der Waals surface area contributed by atoms with Crippen molar-refractivity contribution in [1.82, 2.24) is 10.3 Å². The van der Waals surface area contributed by atoms with Gasteiger partial charge in [-0.25, -0.2) is 8.42 Å². The Morgan fingerprint density at radius 3 is 2.35 bits per heavy atom. The van der Waals surface area contributed by atoms with Crippen molar-refractivity contribution in [2.45, 2.75) is 18.7 Å². The molecule has 0 aliphatic heterocycles. The van der Waals surface area contributed by atoms with Crippen LogP contribution in [0.15, 0.2) is 29.2 Å². The molecule has 0 aliphatic rings. The molecule has 6 nitrogen and oxygen atoms in total. The van der Waals surface area contributed by atoms with E-state index in [0.29, 0.717) is 0 Å². The Morgan fingerprint density at radius 2 is 1.82 bits per heavy atom. The maximum absolute atomic E-state index is 11.7. The fourth-order valence-corrected chi connectivity index (χ4v) is 2.02. The summed E-state index contributed by atoms with van der Waals surface area (Å²) in [6.07, 6.45) is 0. The van der Waals surface area contributed by atoms with Gasteiger partial charge in [0.25, 0.3) is 10.0 Å². The third kappa shape index (κ3) is 3.65. The number of ketones is 1. The van der Waals surface area contributed by atoms with Crippen molar-refractivity contribution in [1.29, 1.82) is 0 Å². The standard InChI is InChI=1S/C10H12N2O4S/c1-7(13)9-4-3-5-10(6-9)17(15,16)12-11-8(2)14/h3-6,12H,1-2H3,(H,11,14). The average molecular weight is 256 g/mol. The molecule has 1 aromatic carbocycles. The van der Waals surface area contributed by atoms with E-state index < -0.39 is 15.9 Å². The first-order valence-electron chi connectivity index (χ1n) is 4.72. The monoisotopic (exact) mass is 256 g/mol. The van der Waals surface area contributed by atoms with Crippen molar-refractivity contribution < 1.29 is 18.0 Å². The molecular formula is C10H12N2O4S. The number of benzene rings is 1. The molecule has 7 heteroatoms. The van der Waals surface area contributed by atoms with Crippen molar-refractivity contribution in [3.63, 3.8) is 0 Å². The minimum atomic E-state index is -3.85. The van der Waals surface area contributed by atoms with Crippen molar-refractivity contribution in [2.24, 2.45) is 0 Å². The third-order valence-electron chi connectivity index (χ3n) is 1.91. The van der Waals surface area contributed by atoms with Crippen LogP contribution in [0.5, 0.6) is 0 Å². The van der Waals surface area contributed by atoms with Crippen LogP contribution in [0.2, 0.25) is 0 Å². The largest absolute Gasteiger partial charge is 0.295 e. The molecule has 0 spiro atoms. The molecule has 1 aromatic rings. The number of amides is 1. The first-order valence-corrected chi connectivity index (χ1v) is 6.20. The van der Waals surface area contributed by atoms with Gasteiger partial charge in [-0.3, -0.25) is 15.0 Å². The Bertz CT molecular complexity index is 551. The quantitative estimate of drug-likeness (QED) is 0.595. The number of hydrazine groups is 1. The van der Waals surface area contributed by atoms with Gasteiger partial charge in [-0.05, 0) is 19.1 Å². The Labute approximate surface area is 99.0 Å². The molecule has 92 valence electrons. The number of sulfonamides is 1. The van der Waals surface area contributed by atoms with Crippen molar-refractivity contribution in [2.75, 3.05) is 0 Å². The van der Waals surface area contributed by atoms with Gasteiger partial charge >= 0.3 is 0 Å². The predicted molar refractivity (Wildman–Crippen MR) is 60.6 cm³/mol. The molecule has 0 radical (unpaired) electrons. The Morgan fingerprint density at radius 1 is 1.18 bits per heavy atom. The highest BCUT2D eigenvalue weighted by Gasteiger charge is 2.15. The maximum Gasteiger partial charge on any atom is 0.257 e. The highest BCUT2D eigenvalue weighted by atomic mass is 32.2. The fourth-order valence-electron chi connectivity index (χ4n) is 1.08. The van der Waals surface area contributed by atoms with Gasteiger partial charge < -0.3 is 0 Å². The third-order valence-corrected chi connectivity index (χ3v) is 3.16. The Kier molecular flexibility index (Phi) is 3.97. The van der Waals surface area contributed by atoms with Crippen LogP contribution in [0.3, 0.4) is 0 Å². The van der Waals surface area contributed by atoms with E-state index in [9.17, 15) is 18.0 Å². The second kappa shape index (κ2) is 5.07. The van der Waals surface area contributed by atoms with Crippen LogP contribution in [0.4, 0.5) is 0 Å². The SMILES string of the molecule is CC(=O)NNS(=O)(=O)c1cccc(C(C)=O)c1. The molecule has 0 saturated carbocycles. The van der Waals surface area contributed by atoms with Gasteiger partial charge in [0.1, 0.15) is 0 Å². The average Bonchev–Trinajstić information content (AvgIpc) is 2.27. The number of hydrogen-bond donors (Lipinski definition) is 2. The van der Waals surface area contributed by atoms with E-state index in [-0.39, 0.29) is 16.2 Å². The van der Waals surface area contributed by atoms with E-state index in [1.807, 2.05) is 10.3 Å². The lowest BCUT2D eigenvalue weighted by Crippen LogP contribution is -2.40. The summed E-state index contributed by atoms with van der Waals surface area (Å²) in [6.45, 7) is 2.52. The number of hydrogen-bond acceptors (Lipinski definition) is 4. The summed E-state index contributed by atoms with van der Waals surface area (Å²) in [5.74, 6) is -0.766. The second-order valence-corrected chi connectivity index (χ2v) is 5.05. The Balaban J connectivity index is 3.03. The van der Waals surface area contributed by atoms with Crippen LogP contribution in [0, 0.1) is 0 Å². The van der Waals surface area contributed by atoms with Crippen LogP contribution < -0.4 is 10.3 Å². The second-order valence-electron chi connectivity index (χ2n) is 3.37. The van der Waals surface area contributed by atoms with Gasteiger partial charge in [0.2, 0.25) is 5.91 Å². The van der Waals surface area contributed by atoms with Gasteiger partial charge in [0.15, 0.2) is 5.78 Å². The molecule has 0 aliphatic carbocycles. The highest BCUT2D eigenvalue weighted by Crippen LogP contribution is 2.11. The number of Topliss-reactive ketones (excluding diaryl/α,β-unsaturated/α-hetero) is 1. The van der Waals surface area contributed by atoms with E-state index in [4.69, 9.17) is 0 Å². The smallest absolute Gasteiger partial charge is 0.257 e. The van der Waals surface area contributed by atoms with Crippen LogP contribution in [0.25, 0.3) is 0 Å². The van der Waals surface area contributed by atoms with Crippen LogP contribution in [-0.4, -0.2) is 20.1 Å². The minimum absolute atomic E-state index is 0.0843. The zero-order valence-electron chi connectivity index (χ0n) is 9.35. The zero-order chi connectivity index (χ0) is 13.1. The normalized spacial score (nSPS) is 10.9. The summed E-state index contributed by atoms with van der Waals surface area (Å²) in [4.78, 5) is 23.5. The van der Waals surface area contributed by atoms with E-state index in [1.54, 1.807) is 0 Å². The molecule has 0 aromatic heterocycles. The lowest BCUT2D eigenvalue weighted by molar-refractivity contribution is -0.119. The van der Waals surface area contributed by atoms with Crippen molar-refractivity contribution in [3.8, 4) is 0 Å².